The molecule has 0 aliphatic carbocycles. The van der Waals surface area contributed by atoms with E-state index < -0.39 is 0 Å². The molecule has 2 aromatic rings. The third-order valence-corrected chi connectivity index (χ3v) is 4.76. The maximum atomic E-state index is 6.18. The number of nitrogens with zero attached hydrogens (tertiary/aromatic N) is 1. The molecule has 4 nitrogen and oxygen atoms in total. The summed E-state index contributed by atoms with van der Waals surface area (Å²) in [5.41, 5.74) is 3.51. The van der Waals surface area contributed by atoms with Crippen molar-refractivity contribution in [3.8, 4) is 5.75 Å². The smallest absolute Gasteiger partial charge is 0.124 e. The van der Waals surface area contributed by atoms with Gasteiger partial charge >= 0.3 is 0 Å². The summed E-state index contributed by atoms with van der Waals surface area (Å²) in [5.74, 6) is 0.884. The normalized spacial score (nSPS) is 15.2. The Balaban J connectivity index is 1.51. The van der Waals surface area contributed by atoms with E-state index in [2.05, 4.69) is 41.4 Å². The van der Waals surface area contributed by atoms with Gasteiger partial charge < -0.3 is 14.8 Å². The Morgan fingerprint density at radius 1 is 1.15 bits per heavy atom. The minimum Gasteiger partial charge on any atom is -0.489 e. The first kappa shape index (κ1) is 19.2. The first-order valence-corrected chi connectivity index (χ1v) is 9.56. The van der Waals surface area contributed by atoms with Gasteiger partial charge in [-0.2, -0.15) is 0 Å². The van der Waals surface area contributed by atoms with E-state index >= 15 is 0 Å². The highest BCUT2D eigenvalue weighted by Crippen LogP contribution is 2.24. The van der Waals surface area contributed by atoms with Crippen LogP contribution in [-0.2, 0) is 17.9 Å². The Morgan fingerprint density at radius 2 is 2.00 bits per heavy atom. The summed E-state index contributed by atoms with van der Waals surface area (Å²) < 4.78 is 11.4. The highest BCUT2D eigenvalue weighted by molar-refractivity contribution is 6.30. The Kier molecular flexibility index (Phi) is 7.32. The molecule has 0 unspecified atom stereocenters. The fourth-order valence-corrected chi connectivity index (χ4v) is 3.27. The molecule has 1 aliphatic heterocycles. The number of hydrogen-bond donors (Lipinski definition) is 1. The van der Waals surface area contributed by atoms with Crippen LogP contribution < -0.4 is 10.1 Å². The number of aryl methyl sites for hydroxylation is 1. The van der Waals surface area contributed by atoms with Gasteiger partial charge in [-0.15, -0.1) is 0 Å². The van der Waals surface area contributed by atoms with Gasteiger partial charge in [0.05, 0.1) is 13.2 Å². The van der Waals surface area contributed by atoms with Crippen LogP contribution in [-0.4, -0.2) is 44.3 Å². The molecule has 1 heterocycles. The van der Waals surface area contributed by atoms with Crippen molar-refractivity contribution in [2.45, 2.75) is 20.1 Å². The van der Waals surface area contributed by atoms with Crippen LogP contribution in [0.1, 0.15) is 16.7 Å². The Hall–Kier alpha value is -1.59. The standard InChI is InChI=1S/C21H27ClN2O2/c1-17-3-2-4-18(13-17)16-26-21-6-5-20(22)14-19(21)15-23-7-8-24-9-11-25-12-10-24/h2-6,13-14,23H,7-12,15-16H2,1H3. The number of rotatable bonds is 8. The molecule has 0 spiro atoms. The van der Waals surface area contributed by atoms with Crippen molar-refractivity contribution in [1.82, 2.24) is 10.2 Å². The second-order valence-electron chi connectivity index (χ2n) is 6.66. The third-order valence-electron chi connectivity index (χ3n) is 4.52. The van der Waals surface area contributed by atoms with Gasteiger partial charge in [-0.25, -0.2) is 0 Å². The van der Waals surface area contributed by atoms with E-state index in [1.807, 2.05) is 18.2 Å². The number of hydrogen-bond acceptors (Lipinski definition) is 4. The molecule has 2 aromatic carbocycles. The van der Waals surface area contributed by atoms with Crippen molar-refractivity contribution in [2.75, 3.05) is 39.4 Å². The highest BCUT2D eigenvalue weighted by atomic mass is 35.5. The summed E-state index contributed by atoms with van der Waals surface area (Å²) >= 11 is 6.18. The lowest BCUT2D eigenvalue weighted by atomic mass is 10.1. The molecule has 0 radical (unpaired) electrons. The molecule has 0 atom stereocenters. The average Bonchev–Trinajstić information content (AvgIpc) is 2.65. The fraction of sp³-hybridized carbons (Fsp3) is 0.429. The number of halogens is 1. The SMILES string of the molecule is Cc1cccc(COc2ccc(Cl)cc2CNCCN2CCOCC2)c1. The summed E-state index contributed by atoms with van der Waals surface area (Å²) in [6.07, 6.45) is 0. The van der Waals surface area contributed by atoms with E-state index in [4.69, 9.17) is 21.1 Å². The summed E-state index contributed by atoms with van der Waals surface area (Å²) in [6, 6.07) is 14.2. The fourth-order valence-electron chi connectivity index (χ4n) is 3.07. The summed E-state index contributed by atoms with van der Waals surface area (Å²) in [4.78, 5) is 2.42. The van der Waals surface area contributed by atoms with Crippen LogP contribution in [0.25, 0.3) is 0 Å². The molecule has 1 N–H and O–H groups in total. The number of morpholine rings is 1. The molecule has 140 valence electrons. The summed E-state index contributed by atoms with van der Waals surface area (Å²) in [6.45, 7) is 9.07. The van der Waals surface area contributed by atoms with Crippen molar-refractivity contribution < 1.29 is 9.47 Å². The molecule has 0 saturated carbocycles. The molecule has 1 saturated heterocycles. The van der Waals surface area contributed by atoms with Crippen molar-refractivity contribution >= 4 is 11.6 Å². The summed E-state index contributed by atoms with van der Waals surface area (Å²) in [5, 5.41) is 4.24. The lowest BCUT2D eigenvalue weighted by Gasteiger charge is -2.26. The first-order valence-electron chi connectivity index (χ1n) is 9.18. The van der Waals surface area contributed by atoms with E-state index in [-0.39, 0.29) is 0 Å². The average molecular weight is 375 g/mol. The maximum absolute atomic E-state index is 6.18. The van der Waals surface area contributed by atoms with E-state index in [0.717, 1.165) is 62.3 Å². The van der Waals surface area contributed by atoms with Crippen LogP contribution in [0.4, 0.5) is 0 Å². The van der Waals surface area contributed by atoms with Gasteiger partial charge in [0.1, 0.15) is 12.4 Å². The van der Waals surface area contributed by atoms with Gasteiger partial charge in [-0.3, -0.25) is 4.90 Å². The minimum atomic E-state index is 0.560. The largest absolute Gasteiger partial charge is 0.489 e. The highest BCUT2D eigenvalue weighted by Gasteiger charge is 2.10. The van der Waals surface area contributed by atoms with Crippen LogP contribution in [0, 0.1) is 6.92 Å². The van der Waals surface area contributed by atoms with Gasteiger partial charge in [-0.05, 0) is 30.7 Å². The Morgan fingerprint density at radius 3 is 2.81 bits per heavy atom. The second-order valence-corrected chi connectivity index (χ2v) is 7.10. The van der Waals surface area contributed by atoms with Crippen LogP contribution in [0.3, 0.4) is 0 Å². The molecule has 3 rings (SSSR count). The zero-order chi connectivity index (χ0) is 18.2. The molecular weight excluding hydrogens is 348 g/mol. The van der Waals surface area contributed by atoms with Crippen molar-refractivity contribution in [3.63, 3.8) is 0 Å². The zero-order valence-electron chi connectivity index (χ0n) is 15.3. The Labute approximate surface area is 161 Å². The number of ether oxygens (including phenoxy) is 2. The van der Waals surface area contributed by atoms with Gasteiger partial charge in [0.25, 0.3) is 0 Å². The van der Waals surface area contributed by atoms with Crippen molar-refractivity contribution in [2.24, 2.45) is 0 Å². The molecule has 1 aliphatic rings. The Bertz CT molecular complexity index is 702. The van der Waals surface area contributed by atoms with E-state index in [9.17, 15) is 0 Å². The molecule has 0 bridgehead atoms. The molecule has 26 heavy (non-hydrogen) atoms. The van der Waals surface area contributed by atoms with Gasteiger partial charge in [-0.1, -0.05) is 41.4 Å². The predicted molar refractivity (Wildman–Crippen MR) is 106 cm³/mol. The molecule has 0 amide bonds. The molecule has 5 heteroatoms. The van der Waals surface area contributed by atoms with Crippen molar-refractivity contribution in [3.05, 3.63) is 64.2 Å². The quantitative estimate of drug-likeness (QED) is 0.715. The third kappa shape index (κ3) is 5.99. The first-order chi connectivity index (χ1) is 12.7. The van der Waals surface area contributed by atoms with Crippen LogP contribution in [0.15, 0.2) is 42.5 Å². The molecule has 0 aromatic heterocycles. The van der Waals surface area contributed by atoms with Gasteiger partial charge in [0.2, 0.25) is 0 Å². The van der Waals surface area contributed by atoms with Gasteiger partial charge in [0.15, 0.2) is 0 Å². The van der Waals surface area contributed by atoms with E-state index in [0.29, 0.717) is 6.61 Å². The van der Waals surface area contributed by atoms with E-state index in [1.54, 1.807) is 0 Å². The lowest BCUT2D eigenvalue weighted by Crippen LogP contribution is -2.40. The zero-order valence-corrected chi connectivity index (χ0v) is 16.1. The molecule has 1 fully saturated rings. The minimum absolute atomic E-state index is 0.560. The van der Waals surface area contributed by atoms with Crippen LogP contribution in [0.5, 0.6) is 5.75 Å². The van der Waals surface area contributed by atoms with Gasteiger partial charge in [0, 0.05) is 43.3 Å². The predicted octanol–water partition coefficient (Wildman–Crippen LogP) is 3.65. The lowest BCUT2D eigenvalue weighted by molar-refractivity contribution is 0.0384. The van der Waals surface area contributed by atoms with Crippen LogP contribution >= 0.6 is 11.6 Å². The monoisotopic (exact) mass is 374 g/mol. The number of nitrogens with one attached hydrogen (secondary N) is 1. The van der Waals surface area contributed by atoms with E-state index in [1.165, 1.54) is 11.1 Å². The van der Waals surface area contributed by atoms with Crippen molar-refractivity contribution in [1.29, 1.82) is 0 Å². The number of benzene rings is 2. The molecular formula is C21H27ClN2O2. The van der Waals surface area contributed by atoms with Crippen LogP contribution in [0.2, 0.25) is 5.02 Å². The maximum Gasteiger partial charge on any atom is 0.124 e. The second kappa shape index (κ2) is 9.93. The summed E-state index contributed by atoms with van der Waals surface area (Å²) in [7, 11) is 0. The topological polar surface area (TPSA) is 33.7 Å².